The molecule has 39 heavy (non-hydrogen) atoms. The second kappa shape index (κ2) is 10.1. The molecule has 2 saturated heterocycles. The maximum Gasteiger partial charge on any atom is 0.408 e. The third-order valence-corrected chi connectivity index (χ3v) is 6.60. The van der Waals surface area contributed by atoms with Crippen molar-refractivity contribution in [3.8, 4) is 5.88 Å². The highest BCUT2D eigenvalue weighted by Crippen LogP contribution is 2.39. The Kier molecular flexibility index (Phi) is 6.97. The van der Waals surface area contributed by atoms with Gasteiger partial charge in [-0.05, 0) is 39.3 Å². The second-order valence-corrected chi connectivity index (χ2v) is 9.97. The first kappa shape index (κ1) is 26.9. The SMILES string of the molecule is C[C@@H](NC(=O)c1ccc2c(n1)N(C(=O)Nc1cc(OC[C@@H]3COC(C)(C)O3)ncn1)C1CCN2C1)C(F)(F)F. The van der Waals surface area contributed by atoms with Crippen LogP contribution in [0.1, 0.15) is 37.7 Å². The smallest absolute Gasteiger partial charge is 0.408 e. The monoisotopic (exact) mass is 551 g/mol. The molecule has 0 spiro atoms. The van der Waals surface area contributed by atoms with Gasteiger partial charge < -0.3 is 24.4 Å². The molecule has 12 nitrogen and oxygen atoms in total. The van der Waals surface area contributed by atoms with Gasteiger partial charge in [-0.15, -0.1) is 0 Å². The standard InChI is InChI=1S/C24H28F3N7O5/c1-13(24(25,26)27)30-21(35)16-4-5-17-20(31-16)34(14-6-7-33(17)9-14)22(36)32-18-8-19(29-12-28-18)37-10-15-11-38-23(2,3)39-15/h4-5,8,12-15H,6-7,9-11H2,1-3H3,(H,30,35)(H,28,29,32,36)/t13-,14?,15-/m1/s1. The Balaban J connectivity index is 1.31. The number of ether oxygens (including phenoxy) is 3. The number of hydrogen-bond donors (Lipinski definition) is 2. The summed E-state index contributed by atoms with van der Waals surface area (Å²) in [5.41, 5.74) is 0.372. The number of alkyl halides is 3. The van der Waals surface area contributed by atoms with E-state index in [-0.39, 0.29) is 42.0 Å². The second-order valence-electron chi connectivity index (χ2n) is 9.97. The van der Waals surface area contributed by atoms with Crippen LogP contribution in [0.5, 0.6) is 5.88 Å². The van der Waals surface area contributed by atoms with E-state index in [4.69, 9.17) is 14.2 Å². The van der Waals surface area contributed by atoms with Crippen molar-refractivity contribution in [2.75, 3.05) is 41.4 Å². The number of aromatic nitrogens is 3. The number of urea groups is 1. The van der Waals surface area contributed by atoms with Crippen molar-refractivity contribution in [3.05, 3.63) is 30.2 Å². The molecule has 0 aliphatic carbocycles. The lowest BCUT2D eigenvalue weighted by Gasteiger charge is -2.35. The zero-order valence-electron chi connectivity index (χ0n) is 21.5. The van der Waals surface area contributed by atoms with Crippen LogP contribution in [0.4, 0.5) is 35.3 Å². The van der Waals surface area contributed by atoms with E-state index in [1.165, 1.54) is 23.4 Å². The van der Waals surface area contributed by atoms with Gasteiger partial charge in [-0.3, -0.25) is 15.0 Å². The number of anilines is 3. The van der Waals surface area contributed by atoms with Crippen LogP contribution in [-0.2, 0) is 9.47 Å². The van der Waals surface area contributed by atoms with Gasteiger partial charge in [-0.2, -0.15) is 13.2 Å². The van der Waals surface area contributed by atoms with Gasteiger partial charge in [0, 0.05) is 19.2 Å². The lowest BCUT2D eigenvalue weighted by Crippen LogP contribution is -2.49. The average molecular weight is 552 g/mol. The summed E-state index contributed by atoms with van der Waals surface area (Å²) in [4.78, 5) is 41.8. The van der Waals surface area contributed by atoms with Crippen LogP contribution < -0.4 is 25.2 Å². The summed E-state index contributed by atoms with van der Waals surface area (Å²) in [6, 6.07) is 1.52. The lowest BCUT2D eigenvalue weighted by molar-refractivity contribution is -0.149. The molecule has 2 N–H and O–H groups in total. The number of rotatable bonds is 6. The number of nitrogens with one attached hydrogen (secondary N) is 2. The van der Waals surface area contributed by atoms with Gasteiger partial charge in [0.15, 0.2) is 11.6 Å². The molecule has 1 unspecified atom stereocenters. The number of amides is 3. The van der Waals surface area contributed by atoms with Gasteiger partial charge in [0.2, 0.25) is 5.88 Å². The van der Waals surface area contributed by atoms with Crippen LogP contribution in [0.2, 0.25) is 0 Å². The average Bonchev–Trinajstić information content (AvgIpc) is 3.45. The summed E-state index contributed by atoms with van der Waals surface area (Å²) >= 11 is 0. The molecular formula is C24H28F3N7O5. The Labute approximate surface area is 221 Å². The van der Waals surface area contributed by atoms with E-state index >= 15 is 0 Å². The summed E-state index contributed by atoms with van der Waals surface area (Å²) in [5, 5.41) is 4.61. The molecule has 3 amide bonds. The summed E-state index contributed by atoms with van der Waals surface area (Å²) in [7, 11) is 0. The van der Waals surface area contributed by atoms with Gasteiger partial charge in [0.05, 0.1) is 18.3 Å². The Hall–Kier alpha value is -3.72. The van der Waals surface area contributed by atoms with E-state index in [9.17, 15) is 22.8 Å². The van der Waals surface area contributed by atoms with E-state index < -0.39 is 29.9 Å². The number of carbonyl (C=O) groups excluding carboxylic acids is 2. The highest BCUT2D eigenvalue weighted by molar-refractivity contribution is 6.05. The normalized spacial score (nSPS) is 22.3. The zero-order valence-corrected chi connectivity index (χ0v) is 21.5. The van der Waals surface area contributed by atoms with Crippen LogP contribution in [-0.4, -0.2) is 83.3 Å². The van der Waals surface area contributed by atoms with Crippen molar-refractivity contribution in [1.82, 2.24) is 20.3 Å². The van der Waals surface area contributed by atoms with E-state index in [1.807, 2.05) is 10.2 Å². The highest BCUT2D eigenvalue weighted by Gasteiger charge is 2.41. The lowest BCUT2D eigenvalue weighted by atomic mass is 10.1. The van der Waals surface area contributed by atoms with Crippen molar-refractivity contribution in [2.45, 2.75) is 57.3 Å². The Bertz CT molecular complexity index is 1260. The van der Waals surface area contributed by atoms with Gasteiger partial charge >= 0.3 is 12.2 Å². The maximum atomic E-state index is 13.4. The van der Waals surface area contributed by atoms with E-state index in [2.05, 4.69) is 20.3 Å². The van der Waals surface area contributed by atoms with Crippen LogP contribution in [0.25, 0.3) is 0 Å². The third-order valence-electron chi connectivity index (χ3n) is 6.60. The number of pyridine rings is 1. The number of carbonyl (C=O) groups is 2. The number of hydrogen-bond acceptors (Lipinski definition) is 9. The Morgan fingerprint density at radius 2 is 2.08 bits per heavy atom. The molecule has 2 bridgehead atoms. The fourth-order valence-corrected chi connectivity index (χ4v) is 4.63. The van der Waals surface area contributed by atoms with Crippen LogP contribution in [0.15, 0.2) is 24.5 Å². The molecule has 2 fully saturated rings. The predicted molar refractivity (Wildman–Crippen MR) is 132 cm³/mol. The third kappa shape index (κ3) is 5.83. The Morgan fingerprint density at radius 1 is 1.28 bits per heavy atom. The highest BCUT2D eigenvalue weighted by atomic mass is 19.4. The fourth-order valence-electron chi connectivity index (χ4n) is 4.63. The van der Waals surface area contributed by atoms with E-state index in [1.54, 1.807) is 19.9 Å². The molecule has 15 heteroatoms. The molecule has 5 heterocycles. The molecule has 3 aliphatic rings. The maximum absolute atomic E-state index is 13.4. The van der Waals surface area contributed by atoms with E-state index in [0.717, 1.165) is 6.92 Å². The minimum atomic E-state index is -4.60. The predicted octanol–water partition coefficient (Wildman–Crippen LogP) is 2.71. The van der Waals surface area contributed by atoms with Crippen LogP contribution >= 0.6 is 0 Å². The summed E-state index contributed by atoms with van der Waals surface area (Å²) in [6.45, 7) is 6.23. The largest absolute Gasteiger partial charge is 0.475 e. The van der Waals surface area contributed by atoms with Crippen molar-refractivity contribution in [2.24, 2.45) is 0 Å². The fraction of sp³-hybridized carbons (Fsp3) is 0.542. The molecule has 3 atom stereocenters. The number of halogens is 3. The Morgan fingerprint density at radius 3 is 2.79 bits per heavy atom. The first-order valence-corrected chi connectivity index (χ1v) is 12.4. The molecule has 0 saturated carbocycles. The molecular weight excluding hydrogens is 523 g/mol. The zero-order chi connectivity index (χ0) is 27.9. The quantitative estimate of drug-likeness (QED) is 0.556. The van der Waals surface area contributed by atoms with Crippen molar-refractivity contribution < 1.29 is 37.0 Å². The number of nitrogens with zero attached hydrogens (tertiary/aromatic N) is 5. The molecule has 2 aromatic rings. The minimum Gasteiger partial charge on any atom is -0.475 e. The van der Waals surface area contributed by atoms with Crippen molar-refractivity contribution >= 4 is 29.3 Å². The minimum absolute atomic E-state index is 0.170. The van der Waals surface area contributed by atoms with Crippen LogP contribution in [0.3, 0.4) is 0 Å². The molecule has 0 aromatic carbocycles. The van der Waals surface area contributed by atoms with Crippen molar-refractivity contribution in [1.29, 1.82) is 0 Å². The molecule has 5 rings (SSSR count). The summed E-state index contributed by atoms with van der Waals surface area (Å²) in [6.07, 6.45) is -2.99. The molecule has 3 aliphatic heterocycles. The molecule has 210 valence electrons. The number of fused-ring (bicyclic) bond motifs is 4. The van der Waals surface area contributed by atoms with Crippen molar-refractivity contribution in [3.63, 3.8) is 0 Å². The topological polar surface area (TPSA) is 131 Å². The first-order valence-electron chi connectivity index (χ1n) is 12.4. The summed E-state index contributed by atoms with van der Waals surface area (Å²) in [5.74, 6) is -1.11. The van der Waals surface area contributed by atoms with Gasteiger partial charge in [-0.25, -0.2) is 19.7 Å². The molecule has 0 radical (unpaired) electrons. The molecule has 2 aromatic heterocycles. The van der Waals surface area contributed by atoms with Crippen LogP contribution in [0, 0.1) is 0 Å². The van der Waals surface area contributed by atoms with E-state index in [0.29, 0.717) is 31.8 Å². The first-order chi connectivity index (χ1) is 18.4. The van der Waals surface area contributed by atoms with Gasteiger partial charge in [0.1, 0.15) is 36.6 Å². The van der Waals surface area contributed by atoms with Gasteiger partial charge in [-0.1, -0.05) is 0 Å². The van der Waals surface area contributed by atoms with Gasteiger partial charge in [0.25, 0.3) is 5.91 Å². The summed E-state index contributed by atoms with van der Waals surface area (Å²) < 4.78 is 55.7.